The van der Waals surface area contributed by atoms with Crippen LogP contribution in [0.3, 0.4) is 0 Å². The van der Waals surface area contributed by atoms with Gasteiger partial charge in [0.2, 0.25) is 0 Å². The summed E-state index contributed by atoms with van der Waals surface area (Å²) in [7, 11) is 1.77. The lowest BCUT2D eigenvalue weighted by atomic mass is 9.93. The molecule has 1 aromatic rings. The number of rotatable bonds is 2. The second-order valence-corrected chi connectivity index (χ2v) is 4.94. The van der Waals surface area contributed by atoms with E-state index in [4.69, 9.17) is 0 Å². The molecule has 1 aliphatic rings. The summed E-state index contributed by atoms with van der Waals surface area (Å²) in [6, 6.07) is 0.592. The molecular formula is C12H20FN3. The third kappa shape index (κ3) is 2.26. The Hall–Kier alpha value is -0.900. The highest BCUT2D eigenvalue weighted by atomic mass is 19.1. The van der Waals surface area contributed by atoms with E-state index >= 15 is 0 Å². The molecule has 16 heavy (non-hydrogen) atoms. The van der Waals surface area contributed by atoms with Crippen molar-refractivity contribution in [2.45, 2.75) is 38.6 Å². The Bertz CT molecular complexity index is 351. The molecule has 4 heteroatoms. The van der Waals surface area contributed by atoms with Crippen molar-refractivity contribution in [3.05, 3.63) is 17.7 Å². The summed E-state index contributed by atoms with van der Waals surface area (Å²) in [5, 5.41) is 4.23. The van der Waals surface area contributed by atoms with Gasteiger partial charge in [-0.2, -0.15) is 5.10 Å². The highest BCUT2D eigenvalue weighted by molar-refractivity contribution is 5.10. The first kappa shape index (κ1) is 11.6. The van der Waals surface area contributed by atoms with Crippen LogP contribution in [0.5, 0.6) is 0 Å². The van der Waals surface area contributed by atoms with Crippen molar-refractivity contribution in [1.29, 1.82) is 0 Å². The predicted molar refractivity (Wildman–Crippen MR) is 61.9 cm³/mol. The van der Waals surface area contributed by atoms with Crippen LogP contribution >= 0.6 is 0 Å². The lowest BCUT2D eigenvalue weighted by Crippen LogP contribution is -2.38. The van der Waals surface area contributed by atoms with Gasteiger partial charge in [0.1, 0.15) is 5.69 Å². The zero-order valence-corrected chi connectivity index (χ0v) is 10.3. The lowest BCUT2D eigenvalue weighted by molar-refractivity contribution is 0.169. The average molecular weight is 225 g/mol. The van der Waals surface area contributed by atoms with Crippen molar-refractivity contribution in [3.8, 4) is 0 Å². The number of hydrogen-bond donors (Lipinski definition) is 0. The van der Waals surface area contributed by atoms with Crippen molar-refractivity contribution in [1.82, 2.24) is 14.7 Å². The van der Waals surface area contributed by atoms with Crippen molar-refractivity contribution >= 4 is 0 Å². The summed E-state index contributed by atoms with van der Waals surface area (Å²) >= 11 is 0. The van der Waals surface area contributed by atoms with Gasteiger partial charge in [-0.25, -0.2) is 4.39 Å². The van der Waals surface area contributed by atoms with Crippen LogP contribution < -0.4 is 0 Å². The largest absolute Gasteiger partial charge is 0.301 e. The predicted octanol–water partition coefficient (Wildman–Crippen LogP) is 2.15. The number of likely N-dealkylation sites (tertiary alicyclic amines) is 1. The van der Waals surface area contributed by atoms with E-state index in [0.29, 0.717) is 17.7 Å². The number of nitrogens with zero attached hydrogens (tertiary/aromatic N) is 3. The maximum Gasteiger partial charge on any atom is 0.164 e. The van der Waals surface area contributed by atoms with Crippen LogP contribution in [0.4, 0.5) is 4.39 Å². The molecule has 0 saturated carbocycles. The van der Waals surface area contributed by atoms with Crippen LogP contribution in [0.2, 0.25) is 0 Å². The van der Waals surface area contributed by atoms with E-state index in [2.05, 4.69) is 23.8 Å². The molecule has 1 saturated heterocycles. The molecule has 0 unspecified atom stereocenters. The Morgan fingerprint density at radius 3 is 2.44 bits per heavy atom. The van der Waals surface area contributed by atoms with Gasteiger partial charge in [-0.15, -0.1) is 0 Å². The van der Waals surface area contributed by atoms with Gasteiger partial charge in [0, 0.05) is 19.0 Å². The van der Waals surface area contributed by atoms with E-state index in [1.807, 2.05) is 0 Å². The second-order valence-electron chi connectivity index (χ2n) is 4.94. The molecule has 0 atom stereocenters. The normalized spacial score (nSPS) is 19.6. The Morgan fingerprint density at radius 1 is 1.38 bits per heavy atom. The molecule has 0 amide bonds. The third-order valence-corrected chi connectivity index (χ3v) is 3.46. The maximum absolute atomic E-state index is 13.6. The van der Waals surface area contributed by atoms with Gasteiger partial charge < -0.3 is 4.90 Å². The molecule has 2 heterocycles. The topological polar surface area (TPSA) is 21.1 Å². The summed E-state index contributed by atoms with van der Waals surface area (Å²) < 4.78 is 15.1. The quantitative estimate of drug-likeness (QED) is 0.769. The van der Waals surface area contributed by atoms with Gasteiger partial charge in [-0.05, 0) is 39.8 Å². The van der Waals surface area contributed by atoms with Crippen molar-refractivity contribution in [3.63, 3.8) is 0 Å². The molecule has 0 spiro atoms. The SMILES string of the molecule is CC(C)N1CCC(c2nn(C)cc2F)CC1. The Balaban J connectivity index is 2.01. The molecule has 2 rings (SSSR count). The Kier molecular flexibility index (Phi) is 3.28. The highest BCUT2D eigenvalue weighted by Gasteiger charge is 2.25. The minimum Gasteiger partial charge on any atom is -0.301 e. The van der Waals surface area contributed by atoms with Gasteiger partial charge in [0.15, 0.2) is 5.82 Å². The van der Waals surface area contributed by atoms with Crippen LogP contribution in [0, 0.1) is 5.82 Å². The monoisotopic (exact) mass is 225 g/mol. The molecule has 0 radical (unpaired) electrons. The minimum absolute atomic E-state index is 0.148. The van der Waals surface area contributed by atoms with E-state index < -0.39 is 0 Å². The fourth-order valence-electron chi connectivity index (χ4n) is 2.44. The lowest BCUT2D eigenvalue weighted by Gasteiger charge is -2.33. The molecule has 1 aromatic heterocycles. The maximum atomic E-state index is 13.6. The molecule has 1 fully saturated rings. The zero-order chi connectivity index (χ0) is 11.7. The summed E-state index contributed by atoms with van der Waals surface area (Å²) in [5.41, 5.74) is 0.658. The van der Waals surface area contributed by atoms with Crippen LogP contribution in [-0.2, 0) is 7.05 Å². The van der Waals surface area contributed by atoms with Gasteiger partial charge >= 0.3 is 0 Å². The first-order valence-electron chi connectivity index (χ1n) is 6.01. The van der Waals surface area contributed by atoms with Gasteiger partial charge in [-0.3, -0.25) is 4.68 Å². The average Bonchev–Trinajstić information content (AvgIpc) is 2.58. The van der Waals surface area contributed by atoms with E-state index in [1.54, 1.807) is 11.7 Å². The molecular weight excluding hydrogens is 205 g/mol. The molecule has 0 aliphatic carbocycles. The molecule has 0 aromatic carbocycles. The van der Waals surface area contributed by atoms with Gasteiger partial charge in [0.05, 0.1) is 6.20 Å². The summed E-state index contributed by atoms with van der Waals surface area (Å²) in [5.74, 6) is 0.154. The summed E-state index contributed by atoms with van der Waals surface area (Å²) in [6.45, 7) is 6.53. The molecule has 3 nitrogen and oxygen atoms in total. The highest BCUT2D eigenvalue weighted by Crippen LogP contribution is 2.29. The van der Waals surface area contributed by atoms with Crippen molar-refractivity contribution < 1.29 is 4.39 Å². The van der Waals surface area contributed by atoms with Crippen LogP contribution in [-0.4, -0.2) is 33.8 Å². The van der Waals surface area contributed by atoms with Crippen molar-refractivity contribution in [2.24, 2.45) is 7.05 Å². The summed E-state index contributed by atoms with van der Waals surface area (Å²) in [4.78, 5) is 2.44. The van der Waals surface area contributed by atoms with Crippen molar-refractivity contribution in [2.75, 3.05) is 13.1 Å². The minimum atomic E-state index is -0.148. The number of piperidine rings is 1. The first-order valence-corrected chi connectivity index (χ1v) is 6.01. The standard InChI is InChI=1S/C12H20FN3/c1-9(2)16-6-4-10(5-7-16)12-11(13)8-15(3)14-12/h8-10H,4-7H2,1-3H3. The molecule has 0 bridgehead atoms. The fourth-order valence-corrected chi connectivity index (χ4v) is 2.44. The van der Waals surface area contributed by atoms with Gasteiger partial charge in [0.25, 0.3) is 0 Å². The van der Waals surface area contributed by atoms with E-state index in [-0.39, 0.29) is 5.82 Å². The Morgan fingerprint density at radius 2 is 2.00 bits per heavy atom. The first-order chi connectivity index (χ1) is 7.58. The summed E-state index contributed by atoms with van der Waals surface area (Å²) in [6.07, 6.45) is 3.50. The van der Waals surface area contributed by atoms with E-state index in [1.165, 1.54) is 6.20 Å². The number of halogens is 1. The number of aromatic nitrogens is 2. The zero-order valence-electron chi connectivity index (χ0n) is 10.3. The fraction of sp³-hybridized carbons (Fsp3) is 0.750. The second kappa shape index (κ2) is 4.53. The molecule has 90 valence electrons. The Labute approximate surface area is 96.2 Å². The number of aryl methyl sites for hydroxylation is 1. The van der Waals surface area contributed by atoms with Crippen LogP contribution in [0.25, 0.3) is 0 Å². The molecule has 0 N–H and O–H groups in total. The molecule has 1 aliphatic heterocycles. The van der Waals surface area contributed by atoms with Crippen LogP contribution in [0.1, 0.15) is 38.3 Å². The smallest absolute Gasteiger partial charge is 0.164 e. The van der Waals surface area contributed by atoms with E-state index in [0.717, 1.165) is 25.9 Å². The number of hydrogen-bond acceptors (Lipinski definition) is 2. The van der Waals surface area contributed by atoms with Crippen LogP contribution in [0.15, 0.2) is 6.20 Å². The van der Waals surface area contributed by atoms with Gasteiger partial charge in [-0.1, -0.05) is 0 Å². The van der Waals surface area contributed by atoms with E-state index in [9.17, 15) is 4.39 Å². The third-order valence-electron chi connectivity index (χ3n) is 3.46.